The van der Waals surface area contributed by atoms with Crippen molar-refractivity contribution in [1.29, 1.82) is 0 Å². The number of anilines is 2. The maximum absolute atomic E-state index is 6.05. The monoisotopic (exact) mass is 244 g/mol. The zero-order chi connectivity index (χ0) is 13.1. The summed E-state index contributed by atoms with van der Waals surface area (Å²) in [4.78, 5) is 0. The fraction of sp³-hybridized carbons (Fsp3) is 0.143. The van der Waals surface area contributed by atoms with Gasteiger partial charge < -0.3 is 20.9 Å². The molecule has 18 heavy (non-hydrogen) atoms. The first-order chi connectivity index (χ1) is 8.69. The lowest BCUT2D eigenvalue weighted by Gasteiger charge is -2.15. The molecular weight excluding hydrogens is 228 g/mol. The summed E-state index contributed by atoms with van der Waals surface area (Å²) in [6, 6.07) is 11.1. The van der Waals surface area contributed by atoms with E-state index in [-0.39, 0.29) is 0 Å². The molecule has 0 saturated heterocycles. The Morgan fingerprint density at radius 2 is 1.50 bits per heavy atom. The number of hydrogen-bond donors (Lipinski definition) is 2. The van der Waals surface area contributed by atoms with E-state index >= 15 is 0 Å². The van der Waals surface area contributed by atoms with Crippen LogP contribution in [0.25, 0.3) is 11.1 Å². The zero-order valence-corrected chi connectivity index (χ0v) is 10.4. The Bertz CT molecular complexity index is 568. The Morgan fingerprint density at radius 1 is 0.833 bits per heavy atom. The van der Waals surface area contributed by atoms with Gasteiger partial charge >= 0.3 is 0 Å². The van der Waals surface area contributed by atoms with Crippen molar-refractivity contribution in [1.82, 2.24) is 0 Å². The smallest absolute Gasteiger partial charge is 0.129 e. The van der Waals surface area contributed by atoms with Crippen molar-refractivity contribution >= 4 is 11.4 Å². The van der Waals surface area contributed by atoms with Crippen molar-refractivity contribution in [3.8, 4) is 22.6 Å². The van der Waals surface area contributed by atoms with Gasteiger partial charge in [-0.3, -0.25) is 0 Å². The largest absolute Gasteiger partial charge is 0.496 e. The van der Waals surface area contributed by atoms with Crippen LogP contribution in [-0.2, 0) is 0 Å². The van der Waals surface area contributed by atoms with Crippen molar-refractivity contribution in [2.75, 3.05) is 25.7 Å². The second-order valence-corrected chi connectivity index (χ2v) is 3.85. The maximum Gasteiger partial charge on any atom is 0.129 e. The Kier molecular flexibility index (Phi) is 3.28. The summed E-state index contributed by atoms with van der Waals surface area (Å²) in [7, 11) is 3.22. The SMILES string of the molecule is COc1ccccc1-c1c(OC)ccc(N)c1N. The van der Waals surface area contributed by atoms with Crippen LogP contribution in [0.15, 0.2) is 36.4 Å². The summed E-state index contributed by atoms with van der Waals surface area (Å²) in [5.74, 6) is 1.40. The van der Waals surface area contributed by atoms with Gasteiger partial charge in [0.05, 0.1) is 31.2 Å². The predicted octanol–water partition coefficient (Wildman–Crippen LogP) is 2.54. The van der Waals surface area contributed by atoms with Crippen LogP contribution in [0.3, 0.4) is 0 Å². The van der Waals surface area contributed by atoms with Gasteiger partial charge in [-0.25, -0.2) is 0 Å². The first-order valence-electron chi connectivity index (χ1n) is 5.54. The molecule has 4 nitrogen and oxygen atoms in total. The number of benzene rings is 2. The number of nitrogen functional groups attached to an aromatic ring is 2. The number of hydrogen-bond acceptors (Lipinski definition) is 4. The van der Waals surface area contributed by atoms with Gasteiger partial charge in [-0.1, -0.05) is 18.2 Å². The van der Waals surface area contributed by atoms with E-state index in [4.69, 9.17) is 20.9 Å². The molecule has 0 spiro atoms. The molecule has 0 bridgehead atoms. The van der Waals surface area contributed by atoms with E-state index in [0.29, 0.717) is 17.1 Å². The molecule has 0 atom stereocenters. The summed E-state index contributed by atoms with van der Waals surface area (Å²) >= 11 is 0. The summed E-state index contributed by atoms with van der Waals surface area (Å²) in [5, 5.41) is 0. The molecular formula is C14H16N2O2. The first kappa shape index (κ1) is 12.1. The molecule has 4 N–H and O–H groups in total. The Labute approximate surface area is 106 Å². The van der Waals surface area contributed by atoms with Crippen LogP contribution in [0.5, 0.6) is 11.5 Å². The van der Waals surface area contributed by atoms with E-state index in [1.165, 1.54) is 0 Å². The first-order valence-corrected chi connectivity index (χ1v) is 5.54. The van der Waals surface area contributed by atoms with Crippen LogP contribution >= 0.6 is 0 Å². The number of nitrogens with two attached hydrogens (primary N) is 2. The summed E-state index contributed by atoms with van der Waals surface area (Å²) < 4.78 is 10.7. The summed E-state index contributed by atoms with van der Waals surface area (Å²) in [6.45, 7) is 0. The molecule has 0 aliphatic carbocycles. The average molecular weight is 244 g/mol. The van der Waals surface area contributed by atoms with Gasteiger partial charge in [0, 0.05) is 5.56 Å². The second kappa shape index (κ2) is 4.87. The summed E-state index contributed by atoms with van der Waals surface area (Å²) in [5.41, 5.74) is 14.6. The molecule has 0 heterocycles. The van der Waals surface area contributed by atoms with Gasteiger partial charge in [-0.05, 0) is 18.2 Å². The molecule has 0 unspecified atom stereocenters. The average Bonchev–Trinajstić information content (AvgIpc) is 2.41. The highest BCUT2D eigenvalue weighted by molar-refractivity contribution is 5.91. The van der Waals surface area contributed by atoms with E-state index in [1.807, 2.05) is 24.3 Å². The fourth-order valence-electron chi connectivity index (χ4n) is 1.91. The van der Waals surface area contributed by atoms with Crippen LogP contribution < -0.4 is 20.9 Å². The maximum atomic E-state index is 6.05. The van der Waals surface area contributed by atoms with Crippen molar-refractivity contribution in [2.24, 2.45) is 0 Å². The molecule has 0 saturated carbocycles. The molecule has 2 rings (SSSR count). The van der Waals surface area contributed by atoms with E-state index in [1.54, 1.807) is 26.4 Å². The highest BCUT2D eigenvalue weighted by Crippen LogP contribution is 2.42. The van der Waals surface area contributed by atoms with E-state index in [0.717, 1.165) is 16.9 Å². The lowest BCUT2D eigenvalue weighted by molar-refractivity contribution is 0.410. The Hall–Kier alpha value is -2.36. The molecule has 2 aromatic rings. The molecule has 94 valence electrons. The molecule has 0 radical (unpaired) electrons. The molecule has 4 heteroatoms. The minimum absolute atomic E-state index is 0.499. The van der Waals surface area contributed by atoms with Gasteiger partial charge in [0.25, 0.3) is 0 Å². The minimum atomic E-state index is 0.499. The van der Waals surface area contributed by atoms with Gasteiger partial charge in [-0.2, -0.15) is 0 Å². The summed E-state index contributed by atoms with van der Waals surface area (Å²) in [6.07, 6.45) is 0. The van der Waals surface area contributed by atoms with Crippen LogP contribution in [-0.4, -0.2) is 14.2 Å². The van der Waals surface area contributed by atoms with Crippen LogP contribution in [0.2, 0.25) is 0 Å². The number of para-hydroxylation sites is 1. The standard InChI is InChI=1S/C14H16N2O2/c1-17-11-6-4-3-5-9(11)13-12(18-2)8-7-10(15)14(13)16/h3-8H,15-16H2,1-2H3. The zero-order valence-electron chi connectivity index (χ0n) is 10.4. The topological polar surface area (TPSA) is 70.5 Å². The fourth-order valence-corrected chi connectivity index (χ4v) is 1.91. The molecule has 2 aromatic carbocycles. The quantitative estimate of drug-likeness (QED) is 0.814. The van der Waals surface area contributed by atoms with Crippen LogP contribution in [0.4, 0.5) is 11.4 Å². The van der Waals surface area contributed by atoms with Crippen molar-refractivity contribution in [3.63, 3.8) is 0 Å². The predicted molar refractivity (Wildman–Crippen MR) is 73.8 cm³/mol. The molecule has 0 aliphatic rings. The minimum Gasteiger partial charge on any atom is -0.496 e. The third-order valence-electron chi connectivity index (χ3n) is 2.84. The number of rotatable bonds is 3. The van der Waals surface area contributed by atoms with Crippen LogP contribution in [0, 0.1) is 0 Å². The third-order valence-corrected chi connectivity index (χ3v) is 2.84. The van der Waals surface area contributed by atoms with E-state index in [2.05, 4.69) is 0 Å². The lowest BCUT2D eigenvalue weighted by Crippen LogP contribution is -2.00. The van der Waals surface area contributed by atoms with E-state index < -0.39 is 0 Å². The highest BCUT2D eigenvalue weighted by atomic mass is 16.5. The van der Waals surface area contributed by atoms with Gasteiger partial charge in [0.2, 0.25) is 0 Å². The van der Waals surface area contributed by atoms with Crippen LogP contribution in [0.1, 0.15) is 0 Å². The molecule has 0 aliphatic heterocycles. The normalized spacial score (nSPS) is 10.1. The Morgan fingerprint density at radius 3 is 2.17 bits per heavy atom. The van der Waals surface area contributed by atoms with Gasteiger partial charge in [0.1, 0.15) is 11.5 Å². The second-order valence-electron chi connectivity index (χ2n) is 3.85. The van der Waals surface area contributed by atoms with Crippen molar-refractivity contribution in [2.45, 2.75) is 0 Å². The van der Waals surface area contributed by atoms with Gasteiger partial charge in [-0.15, -0.1) is 0 Å². The van der Waals surface area contributed by atoms with Gasteiger partial charge in [0.15, 0.2) is 0 Å². The molecule has 0 amide bonds. The van der Waals surface area contributed by atoms with Crippen molar-refractivity contribution in [3.05, 3.63) is 36.4 Å². The number of ether oxygens (including phenoxy) is 2. The lowest BCUT2D eigenvalue weighted by atomic mass is 10.0. The Balaban J connectivity index is 2.73. The molecule has 0 fully saturated rings. The van der Waals surface area contributed by atoms with Crippen molar-refractivity contribution < 1.29 is 9.47 Å². The molecule has 0 aromatic heterocycles. The third kappa shape index (κ3) is 1.93. The highest BCUT2D eigenvalue weighted by Gasteiger charge is 2.15. The van der Waals surface area contributed by atoms with E-state index in [9.17, 15) is 0 Å². The number of methoxy groups -OCH3 is 2.